The summed E-state index contributed by atoms with van der Waals surface area (Å²) in [6, 6.07) is 5.74. The van der Waals surface area contributed by atoms with Crippen LogP contribution in [0.5, 0.6) is 5.75 Å². The van der Waals surface area contributed by atoms with Crippen molar-refractivity contribution in [2.75, 3.05) is 39.3 Å². The van der Waals surface area contributed by atoms with E-state index < -0.39 is 21.6 Å². The van der Waals surface area contributed by atoms with Crippen LogP contribution in [0.15, 0.2) is 29.2 Å². The zero-order chi connectivity index (χ0) is 24.5. The molecule has 2 saturated heterocycles. The van der Waals surface area contributed by atoms with Gasteiger partial charge in [0.25, 0.3) is 5.91 Å². The third-order valence-electron chi connectivity index (χ3n) is 7.16. The summed E-state index contributed by atoms with van der Waals surface area (Å²) in [5.74, 6) is -0.0622. The Bertz CT molecular complexity index is 1050. The number of carbonyl (C=O) groups excluding carboxylic acids is 3. The molecule has 186 valence electrons. The molecule has 1 aromatic carbocycles. The molecule has 1 spiro atoms. The van der Waals surface area contributed by atoms with Crippen molar-refractivity contribution in [3.8, 4) is 5.75 Å². The van der Waals surface area contributed by atoms with Crippen LogP contribution in [-0.2, 0) is 19.6 Å². The molecule has 4 amide bonds. The maximum Gasteiger partial charge on any atom is 0.325 e. The van der Waals surface area contributed by atoms with Gasteiger partial charge < -0.3 is 15.0 Å². The van der Waals surface area contributed by atoms with Gasteiger partial charge in [0.15, 0.2) is 0 Å². The van der Waals surface area contributed by atoms with Gasteiger partial charge in [-0.3, -0.25) is 14.5 Å². The molecule has 1 aliphatic carbocycles. The summed E-state index contributed by atoms with van der Waals surface area (Å²) in [4.78, 5) is 41.3. The van der Waals surface area contributed by atoms with Crippen LogP contribution in [0.4, 0.5) is 4.79 Å². The van der Waals surface area contributed by atoms with Gasteiger partial charge in [-0.25, -0.2) is 13.2 Å². The zero-order valence-electron chi connectivity index (χ0n) is 19.7. The van der Waals surface area contributed by atoms with Crippen LogP contribution in [0.3, 0.4) is 0 Å². The third kappa shape index (κ3) is 4.38. The smallest absolute Gasteiger partial charge is 0.325 e. The lowest BCUT2D eigenvalue weighted by Crippen LogP contribution is -2.55. The van der Waals surface area contributed by atoms with Crippen molar-refractivity contribution >= 4 is 27.9 Å². The number of piperazine rings is 1. The summed E-state index contributed by atoms with van der Waals surface area (Å²) in [5, 5.41) is 2.85. The van der Waals surface area contributed by atoms with E-state index in [0.29, 0.717) is 18.8 Å². The zero-order valence-corrected chi connectivity index (χ0v) is 20.5. The summed E-state index contributed by atoms with van der Waals surface area (Å²) in [5.41, 5.74) is -0.903. The second kappa shape index (κ2) is 9.53. The van der Waals surface area contributed by atoms with Gasteiger partial charge in [0.1, 0.15) is 17.8 Å². The van der Waals surface area contributed by atoms with E-state index in [-0.39, 0.29) is 55.4 Å². The van der Waals surface area contributed by atoms with Crippen molar-refractivity contribution in [2.24, 2.45) is 5.92 Å². The van der Waals surface area contributed by atoms with Gasteiger partial charge >= 0.3 is 6.03 Å². The van der Waals surface area contributed by atoms with E-state index in [9.17, 15) is 22.8 Å². The summed E-state index contributed by atoms with van der Waals surface area (Å²) in [7, 11) is -3.70. The molecule has 1 N–H and O–H groups in total. The maximum atomic E-state index is 13.1. The van der Waals surface area contributed by atoms with Gasteiger partial charge in [0.2, 0.25) is 15.9 Å². The number of sulfonamides is 1. The number of hydrogen-bond acceptors (Lipinski definition) is 6. The van der Waals surface area contributed by atoms with E-state index in [1.807, 2.05) is 13.8 Å². The largest absolute Gasteiger partial charge is 0.494 e. The lowest BCUT2D eigenvalue weighted by atomic mass is 9.73. The lowest BCUT2D eigenvalue weighted by molar-refractivity contribution is -0.141. The monoisotopic (exact) mass is 492 g/mol. The third-order valence-corrected chi connectivity index (χ3v) is 9.07. The molecule has 11 heteroatoms. The number of ether oxygens (including phenoxy) is 1. The van der Waals surface area contributed by atoms with E-state index in [2.05, 4.69) is 5.32 Å². The highest BCUT2D eigenvalue weighted by molar-refractivity contribution is 7.89. The Morgan fingerprint density at radius 2 is 1.79 bits per heavy atom. The minimum atomic E-state index is -3.70. The molecule has 2 heterocycles. The Morgan fingerprint density at radius 3 is 2.41 bits per heavy atom. The van der Waals surface area contributed by atoms with E-state index in [1.165, 1.54) is 21.3 Å². The van der Waals surface area contributed by atoms with Gasteiger partial charge in [-0.2, -0.15) is 4.31 Å². The second-order valence-corrected chi connectivity index (χ2v) is 11.1. The van der Waals surface area contributed by atoms with Gasteiger partial charge in [-0.05, 0) is 49.9 Å². The van der Waals surface area contributed by atoms with Crippen molar-refractivity contribution in [3.05, 3.63) is 24.3 Å². The second-order valence-electron chi connectivity index (χ2n) is 9.13. The number of rotatable bonds is 6. The summed E-state index contributed by atoms with van der Waals surface area (Å²) < 4.78 is 32.7. The van der Waals surface area contributed by atoms with E-state index in [0.717, 1.165) is 24.2 Å². The highest BCUT2D eigenvalue weighted by Crippen LogP contribution is 2.38. The number of hydrogen-bond donors (Lipinski definition) is 1. The van der Waals surface area contributed by atoms with Crippen LogP contribution in [0, 0.1) is 5.92 Å². The summed E-state index contributed by atoms with van der Waals surface area (Å²) >= 11 is 0. The Kier molecular flexibility index (Phi) is 6.86. The Balaban J connectivity index is 1.35. The van der Waals surface area contributed by atoms with Gasteiger partial charge in [0.05, 0.1) is 11.5 Å². The van der Waals surface area contributed by atoms with Crippen molar-refractivity contribution < 1.29 is 27.5 Å². The molecule has 1 aromatic rings. The first-order chi connectivity index (χ1) is 16.2. The molecular formula is C23H32N4O6S. The summed E-state index contributed by atoms with van der Waals surface area (Å²) in [6.07, 6.45) is 3.34. The van der Waals surface area contributed by atoms with Crippen molar-refractivity contribution in [2.45, 2.75) is 50.0 Å². The average Bonchev–Trinajstić information content (AvgIpc) is 3.06. The number of nitrogens with one attached hydrogen (secondary N) is 1. The average molecular weight is 493 g/mol. The summed E-state index contributed by atoms with van der Waals surface area (Å²) in [6.45, 7) is 4.65. The number of carbonyl (C=O) groups is 3. The quantitative estimate of drug-likeness (QED) is 0.601. The SMILES string of the molecule is CCOc1ccc(S(=O)(=O)N2CCN(C(=O)CN3C(=O)N[C@@]4(CCCC[C@@H]4C)C3=O)CC2)cc1. The molecule has 10 nitrogen and oxygen atoms in total. The minimum Gasteiger partial charge on any atom is -0.494 e. The van der Waals surface area contributed by atoms with Crippen LogP contribution >= 0.6 is 0 Å². The van der Waals surface area contributed by atoms with Gasteiger partial charge in [-0.15, -0.1) is 0 Å². The van der Waals surface area contributed by atoms with Crippen LogP contribution in [0.2, 0.25) is 0 Å². The minimum absolute atomic E-state index is 0.0224. The molecular weight excluding hydrogens is 460 g/mol. The predicted octanol–water partition coefficient (Wildman–Crippen LogP) is 1.42. The molecule has 0 aromatic heterocycles. The fourth-order valence-corrected chi connectivity index (χ4v) is 6.50. The molecule has 2 atom stereocenters. The molecule has 1 saturated carbocycles. The number of nitrogens with zero attached hydrogens (tertiary/aromatic N) is 3. The number of amides is 4. The van der Waals surface area contributed by atoms with Crippen LogP contribution in [-0.4, -0.2) is 85.2 Å². The van der Waals surface area contributed by atoms with Crippen LogP contribution < -0.4 is 10.1 Å². The lowest BCUT2D eigenvalue weighted by Gasteiger charge is -2.37. The number of benzene rings is 1. The highest BCUT2D eigenvalue weighted by Gasteiger charge is 2.55. The first-order valence-electron chi connectivity index (χ1n) is 11.8. The topological polar surface area (TPSA) is 116 Å². The molecule has 4 rings (SSSR count). The molecule has 3 fully saturated rings. The number of urea groups is 1. The molecule has 2 aliphatic heterocycles. The molecule has 0 unspecified atom stereocenters. The Hall–Kier alpha value is -2.66. The number of imide groups is 1. The highest BCUT2D eigenvalue weighted by atomic mass is 32.2. The van der Waals surface area contributed by atoms with E-state index in [1.54, 1.807) is 12.1 Å². The first kappa shape index (κ1) is 24.5. The first-order valence-corrected chi connectivity index (χ1v) is 13.3. The van der Waals surface area contributed by atoms with Crippen LogP contribution in [0.1, 0.15) is 39.5 Å². The fourth-order valence-electron chi connectivity index (χ4n) is 5.08. The molecule has 0 bridgehead atoms. The Labute approximate surface area is 200 Å². The Morgan fingerprint density at radius 1 is 1.12 bits per heavy atom. The van der Waals surface area contributed by atoms with Crippen molar-refractivity contribution in [1.29, 1.82) is 0 Å². The standard InChI is InChI=1S/C23H32N4O6S/c1-3-33-18-7-9-19(10-8-18)34(31,32)26-14-12-25(13-15-26)20(28)16-27-21(29)23(24-22(27)30)11-5-4-6-17(23)2/h7-10,17H,3-6,11-16H2,1-2H3,(H,24,30)/t17-,23+/m0/s1. The van der Waals surface area contributed by atoms with Crippen LogP contribution in [0.25, 0.3) is 0 Å². The maximum absolute atomic E-state index is 13.1. The molecule has 34 heavy (non-hydrogen) atoms. The molecule has 0 radical (unpaired) electrons. The normalized spacial score (nSPS) is 26.1. The van der Waals surface area contributed by atoms with E-state index in [4.69, 9.17) is 4.74 Å². The van der Waals surface area contributed by atoms with Crippen molar-refractivity contribution in [3.63, 3.8) is 0 Å². The van der Waals surface area contributed by atoms with Gasteiger partial charge in [-0.1, -0.05) is 19.8 Å². The molecule has 3 aliphatic rings. The van der Waals surface area contributed by atoms with Crippen molar-refractivity contribution in [1.82, 2.24) is 19.4 Å². The van der Waals surface area contributed by atoms with E-state index >= 15 is 0 Å². The van der Waals surface area contributed by atoms with Gasteiger partial charge in [0, 0.05) is 26.2 Å². The fraction of sp³-hybridized carbons (Fsp3) is 0.609. The predicted molar refractivity (Wildman–Crippen MR) is 124 cm³/mol.